The first-order valence-electron chi connectivity index (χ1n) is 5.07. The van der Waals surface area contributed by atoms with Crippen molar-refractivity contribution in [3.63, 3.8) is 0 Å². The quantitative estimate of drug-likeness (QED) is 0.677. The van der Waals surface area contributed by atoms with Crippen LogP contribution in [0, 0.1) is 0 Å². The lowest BCUT2D eigenvalue weighted by atomic mass is 10.1. The molecule has 0 unspecified atom stereocenters. The largest absolute Gasteiger partial charge is 0.276 e. The molecule has 2 aromatic rings. The van der Waals surface area contributed by atoms with Crippen LogP contribution < -0.4 is 0 Å². The van der Waals surface area contributed by atoms with Gasteiger partial charge in [-0.3, -0.25) is 4.79 Å². The average molecular weight is 300 g/mol. The van der Waals surface area contributed by atoms with Crippen LogP contribution in [0.3, 0.4) is 0 Å². The van der Waals surface area contributed by atoms with E-state index in [0.717, 1.165) is 15.2 Å². The Bertz CT molecular complexity index is 508. The normalized spacial score (nSPS) is 9.50. The van der Waals surface area contributed by atoms with Crippen molar-refractivity contribution in [1.82, 2.24) is 0 Å². The zero-order valence-electron chi connectivity index (χ0n) is 9.13. The van der Waals surface area contributed by atoms with Gasteiger partial charge in [0, 0.05) is 4.47 Å². The number of halogens is 2. The van der Waals surface area contributed by atoms with E-state index in [1.807, 2.05) is 50.2 Å². The number of carbonyl (C=O) groups is 1. The molecule has 0 spiro atoms. The summed E-state index contributed by atoms with van der Waals surface area (Å²) in [4.78, 5) is 11.2. The molecule has 3 heteroatoms. The smallest absolute Gasteiger partial charge is 0.254 e. The lowest BCUT2D eigenvalue weighted by Crippen LogP contribution is -1.92. The summed E-state index contributed by atoms with van der Waals surface area (Å²) in [5.41, 5.74) is 0.532. The zero-order valence-corrected chi connectivity index (χ0v) is 11.5. The van der Waals surface area contributed by atoms with Gasteiger partial charge >= 0.3 is 0 Å². The summed E-state index contributed by atoms with van der Waals surface area (Å²) >= 11 is 8.83. The minimum absolute atomic E-state index is 0.436. The molecule has 0 aliphatic heterocycles. The Hall–Kier alpha value is -0.860. The van der Waals surface area contributed by atoms with Crippen LogP contribution in [-0.4, -0.2) is 5.24 Å². The fourth-order valence-corrected chi connectivity index (χ4v) is 2.29. The molecule has 0 fully saturated rings. The molecule has 0 N–H and O–H groups in total. The van der Waals surface area contributed by atoms with Gasteiger partial charge in [0.05, 0.1) is 5.56 Å². The van der Waals surface area contributed by atoms with Crippen LogP contribution in [-0.2, 0) is 0 Å². The van der Waals surface area contributed by atoms with Crippen LogP contribution in [0.4, 0.5) is 0 Å². The van der Waals surface area contributed by atoms with Crippen molar-refractivity contribution in [2.75, 3.05) is 0 Å². The van der Waals surface area contributed by atoms with E-state index in [4.69, 9.17) is 11.6 Å². The Morgan fingerprint density at radius 2 is 1.75 bits per heavy atom. The monoisotopic (exact) mass is 298 g/mol. The molecule has 0 bridgehead atoms. The van der Waals surface area contributed by atoms with Crippen molar-refractivity contribution in [1.29, 1.82) is 0 Å². The highest BCUT2D eigenvalue weighted by molar-refractivity contribution is 9.10. The fourth-order valence-electron chi connectivity index (χ4n) is 1.44. The molecule has 0 atom stereocenters. The van der Waals surface area contributed by atoms with Gasteiger partial charge in [-0.15, -0.1) is 0 Å². The number of rotatable bonds is 1. The summed E-state index contributed by atoms with van der Waals surface area (Å²) in [5.74, 6) is 0. The van der Waals surface area contributed by atoms with Gasteiger partial charge in [-0.1, -0.05) is 44.2 Å². The van der Waals surface area contributed by atoms with E-state index in [0.29, 0.717) is 5.56 Å². The van der Waals surface area contributed by atoms with Crippen LogP contribution >= 0.6 is 27.5 Å². The third kappa shape index (κ3) is 2.63. The molecule has 0 radical (unpaired) electrons. The highest BCUT2D eigenvalue weighted by atomic mass is 79.9. The van der Waals surface area contributed by atoms with Gasteiger partial charge in [0.15, 0.2) is 0 Å². The summed E-state index contributed by atoms with van der Waals surface area (Å²) in [6, 6.07) is 11.4. The third-order valence-corrected chi connectivity index (χ3v) is 2.92. The maximum absolute atomic E-state index is 11.2. The first-order valence-corrected chi connectivity index (χ1v) is 6.24. The van der Waals surface area contributed by atoms with E-state index in [-0.39, 0.29) is 0 Å². The molecule has 0 saturated heterocycles. The number of fused-ring (bicyclic) bond motifs is 1. The topological polar surface area (TPSA) is 17.1 Å². The van der Waals surface area contributed by atoms with E-state index in [1.54, 1.807) is 0 Å². The summed E-state index contributed by atoms with van der Waals surface area (Å²) in [6.45, 7) is 4.00. The Balaban J connectivity index is 0.000000606. The first-order chi connectivity index (χ1) is 7.70. The van der Waals surface area contributed by atoms with E-state index >= 15 is 0 Å². The van der Waals surface area contributed by atoms with Crippen molar-refractivity contribution in [2.45, 2.75) is 13.8 Å². The summed E-state index contributed by atoms with van der Waals surface area (Å²) in [5, 5.41) is 1.45. The molecule has 16 heavy (non-hydrogen) atoms. The molecule has 2 aromatic carbocycles. The molecule has 0 aliphatic rings. The van der Waals surface area contributed by atoms with Crippen LogP contribution in [0.5, 0.6) is 0 Å². The average Bonchev–Trinajstić information content (AvgIpc) is 2.31. The van der Waals surface area contributed by atoms with E-state index in [1.165, 1.54) is 0 Å². The van der Waals surface area contributed by atoms with Crippen molar-refractivity contribution in [3.05, 3.63) is 46.4 Å². The second-order valence-electron chi connectivity index (χ2n) is 2.92. The van der Waals surface area contributed by atoms with Gasteiger partial charge in [-0.2, -0.15) is 0 Å². The molecule has 2 rings (SSSR count). The van der Waals surface area contributed by atoms with E-state index in [2.05, 4.69) is 15.9 Å². The number of hydrogen-bond acceptors (Lipinski definition) is 1. The molecule has 0 aliphatic carbocycles. The second-order valence-corrected chi connectivity index (χ2v) is 4.11. The predicted octanol–water partition coefficient (Wildman–Crippen LogP) is 5.01. The Morgan fingerprint density at radius 3 is 2.38 bits per heavy atom. The summed E-state index contributed by atoms with van der Waals surface area (Å²) in [6.07, 6.45) is 0. The molecular weight excluding hydrogens is 287 g/mol. The lowest BCUT2D eigenvalue weighted by Gasteiger charge is -2.04. The molecule has 1 nitrogen and oxygen atoms in total. The Morgan fingerprint density at radius 1 is 1.12 bits per heavy atom. The highest BCUT2D eigenvalue weighted by Gasteiger charge is 2.10. The minimum atomic E-state index is -0.436. The highest BCUT2D eigenvalue weighted by Crippen LogP contribution is 2.27. The molecule has 0 aromatic heterocycles. The summed E-state index contributed by atoms with van der Waals surface area (Å²) in [7, 11) is 0. The summed E-state index contributed by atoms with van der Waals surface area (Å²) < 4.78 is 0.733. The van der Waals surface area contributed by atoms with Crippen LogP contribution in [0.25, 0.3) is 10.8 Å². The number of hydrogen-bond donors (Lipinski definition) is 0. The predicted molar refractivity (Wildman–Crippen MR) is 73.2 cm³/mol. The van der Waals surface area contributed by atoms with Crippen molar-refractivity contribution >= 4 is 43.5 Å². The molecule has 0 heterocycles. The second kappa shape index (κ2) is 6.02. The van der Waals surface area contributed by atoms with Gasteiger partial charge in [0.1, 0.15) is 0 Å². The van der Waals surface area contributed by atoms with Crippen molar-refractivity contribution in [3.8, 4) is 0 Å². The maximum atomic E-state index is 11.2. The number of benzene rings is 2. The Kier molecular flexibility index (Phi) is 4.97. The van der Waals surface area contributed by atoms with Gasteiger partial charge in [0.25, 0.3) is 5.24 Å². The lowest BCUT2D eigenvalue weighted by molar-refractivity contribution is 0.108. The van der Waals surface area contributed by atoms with Crippen molar-refractivity contribution in [2.24, 2.45) is 0 Å². The molecule has 84 valence electrons. The van der Waals surface area contributed by atoms with Gasteiger partial charge < -0.3 is 0 Å². The van der Waals surface area contributed by atoms with Crippen LogP contribution in [0.1, 0.15) is 24.2 Å². The van der Waals surface area contributed by atoms with E-state index in [9.17, 15) is 4.79 Å². The minimum Gasteiger partial charge on any atom is -0.276 e. The first kappa shape index (κ1) is 13.2. The third-order valence-electron chi connectivity index (χ3n) is 2.07. The number of carbonyl (C=O) groups excluding carboxylic acids is 1. The fraction of sp³-hybridized carbons (Fsp3) is 0.154. The molecule has 0 saturated carbocycles. The van der Waals surface area contributed by atoms with Gasteiger partial charge in [-0.25, -0.2) is 0 Å². The van der Waals surface area contributed by atoms with Crippen LogP contribution in [0.15, 0.2) is 40.9 Å². The Labute approximate surface area is 109 Å². The van der Waals surface area contributed by atoms with Gasteiger partial charge in [-0.05, 0) is 44.4 Å². The standard InChI is InChI=1S/C11H6BrClO.C2H6/c12-9-6-5-7-3-1-2-4-8(7)10(9)11(13)14;1-2/h1-6H;1-2H3. The maximum Gasteiger partial charge on any atom is 0.254 e. The van der Waals surface area contributed by atoms with Crippen LogP contribution in [0.2, 0.25) is 0 Å². The molecule has 0 amide bonds. The molecular formula is C13H12BrClO. The van der Waals surface area contributed by atoms with Crippen molar-refractivity contribution < 1.29 is 4.79 Å². The van der Waals surface area contributed by atoms with E-state index < -0.39 is 5.24 Å². The zero-order chi connectivity index (χ0) is 12.1. The SMILES string of the molecule is CC.O=C(Cl)c1c(Br)ccc2ccccc12. The van der Waals surface area contributed by atoms with Gasteiger partial charge in [0.2, 0.25) is 0 Å².